The molecule has 1 rings (SSSR count). The van der Waals surface area contributed by atoms with Crippen molar-refractivity contribution in [2.45, 2.75) is 13.3 Å². The van der Waals surface area contributed by atoms with Gasteiger partial charge in [0.15, 0.2) is 0 Å². The Hall–Kier alpha value is -1.28. The topological polar surface area (TPSA) is 38.0 Å². The highest BCUT2D eigenvalue weighted by atomic mass is 14.8. The summed E-state index contributed by atoms with van der Waals surface area (Å²) in [7, 11) is 1.96. The minimum Gasteiger partial charge on any atom is -0.398 e. The van der Waals surface area contributed by atoms with Crippen LogP contribution in [0.5, 0.6) is 0 Å². The number of nitrogens with one attached hydrogen (secondary N) is 1. The van der Waals surface area contributed by atoms with E-state index in [1.807, 2.05) is 25.2 Å². The zero-order chi connectivity index (χ0) is 10.4. The molecule has 0 heterocycles. The number of benzene rings is 1. The van der Waals surface area contributed by atoms with Crippen molar-refractivity contribution in [3.05, 3.63) is 35.9 Å². The van der Waals surface area contributed by atoms with E-state index in [9.17, 15) is 0 Å². The second-order valence-electron chi connectivity index (χ2n) is 3.25. The van der Waals surface area contributed by atoms with Crippen molar-refractivity contribution in [1.29, 1.82) is 0 Å². The van der Waals surface area contributed by atoms with E-state index in [0.29, 0.717) is 0 Å². The Bertz CT molecular complexity index is 316. The molecule has 0 unspecified atom stereocenters. The highest BCUT2D eigenvalue weighted by molar-refractivity contribution is 5.74. The van der Waals surface area contributed by atoms with Gasteiger partial charge in [0.1, 0.15) is 0 Å². The smallest absolute Gasteiger partial charge is 0.0390 e. The summed E-state index contributed by atoms with van der Waals surface area (Å²) in [5, 5.41) is 3.14. The van der Waals surface area contributed by atoms with Crippen molar-refractivity contribution in [2.24, 2.45) is 0 Å². The number of hydrogen-bond acceptors (Lipinski definition) is 2. The summed E-state index contributed by atoms with van der Waals surface area (Å²) in [4.78, 5) is 0. The first-order valence-corrected chi connectivity index (χ1v) is 4.94. The number of hydrogen-bond donors (Lipinski definition) is 2. The van der Waals surface area contributed by atoms with Gasteiger partial charge in [-0.3, -0.25) is 0 Å². The van der Waals surface area contributed by atoms with Gasteiger partial charge in [-0.15, -0.1) is 0 Å². The molecule has 0 aromatic heterocycles. The van der Waals surface area contributed by atoms with Gasteiger partial charge in [0.2, 0.25) is 0 Å². The van der Waals surface area contributed by atoms with E-state index in [1.165, 1.54) is 5.57 Å². The van der Waals surface area contributed by atoms with Crippen molar-refractivity contribution >= 4 is 11.3 Å². The number of para-hydroxylation sites is 1. The molecular formula is C12H18N2. The van der Waals surface area contributed by atoms with E-state index in [0.717, 1.165) is 24.2 Å². The Morgan fingerprint density at radius 2 is 2.14 bits per heavy atom. The maximum absolute atomic E-state index is 5.91. The summed E-state index contributed by atoms with van der Waals surface area (Å²) >= 11 is 0. The van der Waals surface area contributed by atoms with Crippen LogP contribution >= 0.6 is 0 Å². The molecule has 76 valence electrons. The van der Waals surface area contributed by atoms with E-state index >= 15 is 0 Å². The SMILES string of the molecule is C/C=C(\CCNC)c1ccccc1N. The number of nitrogen functional groups attached to an aromatic ring is 1. The number of rotatable bonds is 4. The molecular weight excluding hydrogens is 172 g/mol. The molecule has 0 fully saturated rings. The van der Waals surface area contributed by atoms with E-state index in [-0.39, 0.29) is 0 Å². The van der Waals surface area contributed by atoms with Crippen LogP contribution in [-0.4, -0.2) is 13.6 Å². The molecule has 1 aromatic carbocycles. The molecule has 0 saturated heterocycles. The van der Waals surface area contributed by atoms with Crippen LogP contribution in [-0.2, 0) is 0 Å². The molecule has 0 saturated carbocycles. The second-order valence-corrected chi connectivity index (χ2v) is 3.25. The van der Waals surface area contributed by atoms with Gasteiger partial charge in [-0.2, -0.15) is 0 Å². The van der Waals surface area contributed by atoms with Crippen molar-refractivity contribution in [3.8, 4) is 0 Å². The summed E-state index contributed by atoms with van der Waals surface area (Å²) < 4.78 is 0. The van der Waals surface area contributed by atoms with Gasteiger partial charge in [0, 0.05) is 11.3 Å². The number of nitrogens with two attached hydrogens (primary N) is 1. The van der Waals surface area contributed by atoms with E-state index in [1.54, 1.807) is 0 Å². The average molecular weight is 190 g/mol. The third-order valence-electron chi connectivity index (χ3n) is 2.30. The average Bonchev–Trinajstić information content (AvgIpc) is 2.21. The summed E-state index contributed by atoms with van der Waals surface area (Å²) in [6.45, 7) is 3.03. The van der Waals surface area contributed by atoms with Crippen molar-refractivity contribution in [3.63, 3.8) is 0 Å². The van der Waals surface area contributed by atoms with Crippen LogP contribution < -0.4 is 11.1 Å². The lowest BCUT2D eigenvalue weighted by Gasteiger charge is -2.09. The van der Waals surface area contributed by atoms with Crippen LogP contribution in [0.2, 0.25) is 0 Å². The minimum absolute atomic E-state index is 0.858. The van der Waals surface area contributed by atoms with Crippen LogP contribution in [0, 0.1) is 0 Å². The maximum Gasteiger partial charge on any atom is 0.0390 e. The van der Waals surface area contributed by atoms with E-state index in [2.05, 4.69) is 24.4 Å². The highest BCUT2D eigenvalue weighted by Gasteiger charge is 2.02. The van der Waals surface area contributed by atoms with Crippen molar-refractivity contribution in [1.82, 2.24) is 5.32 Å². The molecule has 0 aliphatic carbocycles. The summed E-state index contributed by atoms with van der Waals surface area (Å²) in [6.07, 6.45) is 3.14. The van der Waals surface area contributed by atoms with Crippen LogP contribution in [0.3, 0.4) is 0 Å². The largest absolute Gasteiger partial charge is 0.398 e. The van der Waals surface area contributed by atoms with Gasteiger partial charge in [-0.25, -0.2) is 0 Å². The standard InChI is InChI=1S/C12H18N2/c1-3-10(8-9-14-2)11-6-4-5-7-12(11)13/h3-7,14H,8-9,13H2,1-2H3/b10-3+. The molecule has 2 nitrogen and oxygen atoms in total. The van der Waals surface area contributed by atoms with Gasteiger partial charge < -0.3 is 11.1 Å². The third-order valence-corrected chi connectivity index (χ3v) is 2.30. The molecule has 2 heteroatoms. The predicted molar refractivity (Wildman–Crippen MR) is 63.0 cm³/mol. The Morgan fingerprint density at radius 3 is 2.71 bits per heavy atom. The summed E-state index contributed by atoms with van der Waals surface area (Å²) in [6, 6.07) is 8.00. The molecule has 1 aromatic rings. The van der Waals surface area contributed by atoms with Gasteiger partial charge in [-0.1, -0.05) is 24.3 Å². The van der Waals surface area contributed by atoms with Crippen LogP contribution in [0.15, 0.2) is 30.3 Å². The molecule has 0 bridgehead atoms. The normalized spacial score (nSPS) is 11.7. The minimum atomic E-state index is 0.858. The molecule has 0 radical (unpaired) electrons. The van der Waals surface area contributed by atoms with E-state index in [4.69, 9.17) is 5.73 Å². The Labute approximate surface area is 85.8 Å². The van der Waals surface area contributed by atoms with Gasteiger partial charge in [-0.05, 0) is 38.6 Å². The molecule has 0 atom stereocenters. The van der Waals surface area contributed by atoms with Crippen LogP contribution in [0.1, 0.15) is 18.9 Å². The fourth-order valence-electron chi connectivity index (χ4n) is 1.48. The maximum atomic E-state index is 5.91. The van der Waals surface area contributed by atoms with Gasteiger partial charge in [0.25, 0.3) is 0 Å². The lowest BCUT2D eigenvalue weighted by molar-refractivity contribution is 0.815. The molecule has 14 heavy (non-hydrogen) atoms. The highest BCUT2D eigenvalue weighted by Crippen LogP contribution is 2.23. The Kier molecular flexibility index (Phi) is 4.20. The lowest BCUT2D eigenvalue weighted by atomic mass is 10.0. The van der Waals surface area contributed by atoms with Gasteiger partial charge >= 0.3 is 0 Å². The summed E-state index contributed by atoms with van der Waals surface area (Å²) in [5.74, 6) is 0. The quantitative estimate of drug-likeness (QED) is 0.715. The number of anilines is 1. The first kappa shape index (κ1) is 10.8. The van der Waals surface area contributed by atoms with Gasteiger partial charge in [0.05, 0.1) is 0 Å². The molecule has 0 aliphatic rings. The zero-order valence-electron chi connectivity index (χ0n) is 8.88. The number of allylic oxidation sites excluding steroid dienone is 1. The van der Waals surface area contributed by atoms with Crippen LogP contribution in [0.25, 0.3) is 5.57 Å². The molecule has 3 N–H and O–H groups in total. The lowest BCUT2D eigenvalue weighted by Crippen LogP contribution is -2.08. The Morgan fingerprint density at radius 1 is 1.43 bits per heavy atom. The summed E-state index contributed by atoms with van der Waals surface area (Å²) in [5.41, 5.74) is 9.23. The van der Waals surface area contributed by atoms with Crippen molar-refractivity contribution < 1.29 is 0 Å². The first-order valence-electron chi connectivity index (χ1n) is 4.94. The fourth-order valence-corrected chi connectivity index (χ4v) is 1.48. The molecule has 0 spiro atoms. The zero-order valence-corrected chi connectivity index (χ0v) is 8.88. The van der Waals surface area contributed by atoms with E-state index < -0.39 is 0 Å². The second kappa shape index (κ2) is 5.45. The van der Waals surface area contributed by atoms with Crippen molar-refractivity contribution in [2.75, 3.05) is 19.3 Å². The fraction of sp³-hybridized carbons (Fsp3) is 0.333. The molecule has 0 amide bonds. The Balaban J connectivity index is 2.85. The monoisotopic (exact) mass is 190 g/mol. The predicted octanol–water partition coefficient (Wildman–Crippen LogP) is 2.28. The molecule has 0 aliphatic heterocycles. The first-order chi connectivity index (χ1) is 6.79. The third kappa shape index (κ3) is 2.60. The van der Waals surface area contributed by atoms with Crippen LogP contribution in [0.4, 0.5) is 5.69 Å².